The molecule has 0 unspecified atom stereocenters. The predicted octanol–water partition coefficient (Wildman–Crippen LogP) is 2.59. The van der Waals surface area contributed by atoms with E-state index in [0.717, 1.165) is 5.76 Å². The van der Waals surface area contributed by atoms with E-state index in [-0.39, 0.29) is 5.91 Å². The highest BCUT2D eigenvalue weighted by atomic mass is 32.1. The van der Waals surface area contributed by atoms with Gasteiger partial charge in [-0.2, -0.15) is 0 Å². The lowest BCUT2D eigenvalue weighted by atomic mass is 10.3. The zero-order chi connectivity index (χ0) is 12.3. The minimum atomic E-state index is -0.0450. The molecule has 0 aromatic carbocycles. The summed E-state index contributed by atoms with van der Waals surface area (Å²) in [5.41, 5.74) is 6.29. The highest BCUT2D eigenvalue weighted by molar-refractivity contribution is 7.12. The summed E-state index contributed by atoms with van der Waals surface area (Å²) in [6, 6.07) is 5.42. The lowest BCUT2D eigenvalue weighted by Crippen LogP contribution is -2.30. The first-order valence-corrected chi connectivity index (χ1v) is 6.25. The van der Waals surface area contributed by atoms with Gasteiger partial charge in [-0.05, 0) is 30.5 Å². The number of hydrogen-bond acceptors (Lipinski definition) is 4. The van der Waals surface area contributed by atoms with E-state index >= 15 is 0 Å². The van der Waals surface area contributed by atoms with Crippen molar-refractivity contribution >= 4 is 22.9 Å². The fourth-order valence-electron chi connectivity index (χ4n) is 1.55. The van der Waals surface area contributed by atoms with Gasteiger partial charge in [0, 0.05) is 6.54 Å². The molecule has 0 bridgehead atoms. The number of carbonyl (C=O) groups excluding carboxylic acids is 1. The number of hydrogen-bond donors (Lipinski definition) is 1. The molecule has 5 heteroatoms. The van der Waals surface area contributed by atoms with Crippen LogP contribution in [0.3, 0.4) is 0 Å². The Bertz CT molecular complexity index is 490. The van der Waals surface area contributed by atoms with Crippen molar-refractivity contribution in [3.8, 4) is 0 Å². The standard InChI is InChI=1S/C12H14N2O2S/c1-2-14(8-9-4-3-6-16-9)12(15)11-10(13)5-7-17-11/h3-7H,2,8,13H2,1H3. The van der Waals surface area contributed by atoms with Crippen molar-refractivity contribution < 1.29 is 9.21 Å². The maximum Gasteiger partial charge on any atom is 0.266 e. The van der Waals surface area contributed by atoms with Gasteiger partial charge in [0.15, 0.2) is 0 Å². The molecule has 0 aliphatic rings. The van der Waals surface area contributed by atoms with E-state index in [9.17, 15) is 4.79 Å². The van der Waals surface area contributed by atoms with E-state index in [1.807, 2.05) is 24.4 Å². The number of rotatable bonds is 4. The second-order valence-electron chi connectivity index (χ2n) is 3.60. The fraction of sp³-hybridized carbons (Fsp3) is 0.250. The summed E-state index contributed by atoms with van der Waals surface area (Å²) in [6.07, 6.45) is 1.60. The molecule has 0 aliphatic carbocycles. The summed E-state index contributed by atoms with van der Waals surface area (Å²) < 4.78 is 5.24. The monoisotopic (exact) mass is 250 g/mol. The first kappa shape index (κ1) is 11.7. The van der Waals surface area contributed by atoms with Gasteiger partial charge >= 0.3 is 0 Å². The Morgan fingerprint density at radius 2 is 2.35 bits per heavy atom. The third-order valence-corrected chi connectivity index (χ3v) is 3.40. The molecule has 2 aromatic rings. The summed E-state index contributed by atoms with van der Waals surface area (Å²) in [7, 11) is 0. The van der Waals surface area contributed by atoms with Gasteiger partial charge in [-0.1, -0.05) is 0 Å². The van der Waals surface area contributed by atoms with Crippen molar-refractivity contribution in [3.63, 3.8) is 0 Å². The molecular formula is C12H14N2O2S. The maximum absolute atomic E-state index is 12.2. The maximum atomic E-state index is 12.2. The highest BCUT2D eigenvalue weighted by Crippen LogP contribution is 2.21. The van der Waals surface area contributed by atoms with Gasteiger partial charge in [-0.3, -0.25) is 4.79 Å². The van der Waals surface area contributed by atoms with E-state index in [0.29, 0.717) is 23.7 Å². The van der Waals surface area contributed by atoms with Gasteiger partial charge in [0.1, 0.15) is 10.6 Å². The third-order valence-electron chi connectivity index (χ3n) is 2.49. The molecule has 90 valence electrons. The van der Waals surface area contributed by atoms with Gasteiger partial charge in [-0.25, -0.2) is 0 Å². The largest absolute Gasteiger partial charge is 0.467 e. The van der Waals surface area contributed by atoms with E-state index in [4.69, 9.17) is 10.2 Å². The van der Waals surface area contributed by atoms with Crippen LogP contribution in [0.4, 0.5) is 5.69 Å². The molecule has 0 spiro atoms. The van der Waals surface area contributed by atoms with Crippen LogP contribution in [0.15, 0.2) is 34.3 Å². The highest BCUT2D eigenvalue weighted by Gasteiger charge is 2.18. The summed E-state index contributed by atoms with van der Waals surface area (Å²) in [4.78, 5) is 14.5. The number of nitrogens with two attached hydrogens (primary N) is 1. The molecule has 0 atom stereocenters. The summed E-state index contributed by atoms with van der Waals surface area (Å²) >= 11 is 1.37. The molecular weight excluding hydrogens is 236 g/mol. The van der Waals surface area contributed by atoms with Gasteiger partial charge in [0.25, 0.3) is 5.91 Å². The van der Waals surface area contributed by atoms with E-state index in [1.165, 1.54) is 11.3 Å². The molecule has 0 saturated carbocycles. The van der Waals surface area contributed by atoms with Crippen molar-refractivity contribution in [2.75, 3.05) is 12.3 Å². The van der Waals surface area contributed by atoms with Crippen LogP contribution >= 0.6 is 11.3 Å². The lowest BCUT2D eigenvalue weighted by Gasteiger charge is -2.19. The Balaban J connectivity index is 2.14. The van der Waals surface area contributed by atoms with Crippen molar-refractivity contribution in [2.45, 2.75) is 13.5 Å². The Labute approximate surface area is 104 Å². The summed E-state index contributed by atoms with van der Waals surface area (Å²) in [5.74, 6) is 0.728. The molecule has 0 fully saturated rings. The van der Waals surface area contributed by atoms with Crippen LogP contribution in [0.25, 0.3) is 0 Å². The van der Waals surface area contributed by atoms with Crippen LogP contribution in [0, 0.1) is 0 Å². The van der Waals surface area contributed by atoms with Gasteiger partial charge in [0.2, 0.25) is 0 Å². The van der Waals surface area contributed by atoms with Crippen LogP contribution in [0.2, 0.25) is 0 Å². The molecule has 4 nitrogen and oxygen atoms in total. The number of carbonyl (C=O) groups is 1. The normalized spacial score (nSPS) is 10.4. The molecule has 0 radical (unpaired) electrons. The minimum Gasteiger partial charge on any atom is -0.467 e. The molecule has 0 saturated heterocycles. The first-order chi connectivity index (χ1) is 8.22. The molecule has 2 aromatic heterocycles. The second kappa shape index (κ2) is 5.05. The van der Waals surface area contributed by atoms with E-state index in [1.54, 1.807) is 17.2 Å². The molecule has 0 aliphatic heterocycles. The molecule has 1 amide bonds. The zero-order valence-electron chi connectivity index (χ0n) is 9.55. The molecule has 2 heterocycles. The Hall–Kier alpha value is -1.75. The molecule has 2 N–H and O–H groups in total. The SMILES string of the molecule is CCN(Cc1ccco1)C(=O)c1sccc1N. The number of furan rings is 1. The number of nitrogen functional groups attached to an aromatic ring is 1. The van der Waals surface area contributed by atoms with Crippen molar-refractivity contribution in [1.82, 2.24) is 4.90 Å². The zero-order valence-corrected chi connectivity index (χ0v) is 10.4. The van der Waals surface area contributed by atoms with E-state index < -0.39 is 0 Å². The van der Waals surface area contributed by atoms with Gasteiger partial charge < -0.3 is 15.1 Å². The quantitative estimate of drug-likeness (QED) is 0.907. The number of nitrogens with zero attached hydrogens (tertiary/aromatic N) is 1. The van der Waals surface area contributed by atoms with Gasteiger partial charge in [0.05, 0.1) is 18.5 Å². The fourth-order valence-corrected chi connectivity index (χ4v) is 2.34. The average Bonchev–Trinajstić information content (AvgIpc) is 2.96. The first-order valence-electron chi connectivity index (χ1n) is 5.37. The van der Waals surface area contributed by atoms with Crippen molar-refractivity contribution in [2.24, 2.45) is 0 Å². The number of anilines is 1. The minimum absolute atomic E-state index is 0.0450. The van der Waals surface area contributed by atoms with Crippen LogP contribution in [0.1, 0.15) is 22.4 Å². The van der Waals surface area contributed by atoms with Crippen LogP contribution in [0.5, 0.6) is 0 Å². The average molecular weight is 250 g/mol. The van der Waals surface area contributed by atoms with Crippen molar-refractivity contribution in [1.29, 1.82) is 0 Å². The van der Waals surface area contributed by atoms with Gasteiger partial charge in [-0.15, -0.1) is 11.3 Å². The Kier molecular flexibility index (Phi) is 3.49. The summed E-state index contributed by atoms with van der Waals surface area (Å²) in [6.45, 7) is 3.03. The summed E-state index contributed by atoms with van der Waals surface area (Å²) in [5, 5.41) is 1.82. The van der Waals surface area contributed by atoms with Crippen molar-refractivity contribution in [3.05, 3.63) is 40.5 Å². The predicted molar refractivity (Wildman–Crippen MR) is 67.9 cm³/mol. The molecule has 2 rings (SSSR count). The molecule has 17 heavy (non-hydrogen) atoms. The number of amides is 1. The third kappa shape index (κ3) is 2.50. The topological polar surface area (TPSA) is 59.5 Å². The Morgan fingerprint density at radius 3 is 2.88 bits per heavy atom. The smallest absolute Gasteiger partial charge is 0.266 e. The Morgan fingerprint density at radius 1 is 1.53 bits per heavy atom. The lowest BCUT2D eigenvalue weighted by molar-refractivity contribution is 0.0747. The van der Waals surface area contributed by atoms with Crippen LogP contribution in [-0.2, 0) is 6.54 Å². The van der Waals surface area contributed by atoms with Crippen LogP contribution in [-0.4, -0.2) is 17.4 Å². The van der Waals surface area contributed by atoms with Crippen LogP contribution < -0.4 is 5.73 Å². The number of thiophene rings is 1. The second-order valence-corrected chi connectivity index (χ2v) is 4.52. The van der Waals surface area contributed by atoms with E-state index in [2.05, 4.69) is 0 Å².